The summed E-state index contributed by atoms with van der Waals surface area (Å²) in [5.74, 6) is -0.427. The van der Waals surface area contributed by atoms with Gasteiger partial charge in [0.15, 0.2) is 11.1 Å². The quantitative estimate of drug-likeness (QED) is 0.444. The maximum Gasteiger partial charge on any atom is 0.323 e. The van der Waals surface area contributed by atoms with E-state index >= 15 is 0 Å². The molecule has 0 amide bonds. The molecule has 152 valence electrons. The summed E-state index contributed by atoms with van der Waals surface area (Å²) in [5.41, 5.74) is 0. The molecular formula is C19H36N2O5. The standard InChI is InChI=1S/C8H13NO3.C8H16.C3H7NO2/c1-6(10)5-12-8(11)7-3-2-4-9-7;1-2-4-6-8-7-5-3-1;1-3(2)6-4-5/h7,9H,2-5H2,1H3;1-8H2;3H,1-2H3. The summed E-state index contributed by atoms with van der Waals surface area (Å²) in [6.45, 7) is 5.63. The van der Waals surface area contributed by atoms with Crippen LogP contribution in [0.25, 0.3) is 0 Å². The summed E-state index contributed by atoms with van der Waals surface area (Å²) in [5, 5.41) is 5.18. The molecule has 2 aliphatic rings. The maximum absolute atomic E-state index is 11.1. The van der Waals surface area contributed by atoms with Gasteiger partial charge in [0.05, 0.1) is 0 Å². The second kappa shape index (κ2) is 16.9. The third-order valence-electron chi connectivity index (χ3n) is 4.02. The van der Waals surface area contributed by atoms with E-state index in [1.807, 2.05) is 0 Å². The molecule has 0 bridgehead atoms. The first-order valence-corrected chi connectivity index (χ1v) is 9.85. The van der Waals surface area contributed by atoms with Gasteiger partial charge in [-0.1, -0.05) is 51.4 Å². The van der Waals surface area contributed by atoms with E-state index in [1.54, 1.807) is 13.8 Å². The molecule has 1 aliphatic heterocycles. The number of hydrogen-bond donors (Lipinski definition) is 1. The van der Waals surface area contributed by atoms with E-state index in [2.05, 4.69) is 15.5 Å². The average Bonchev–Trinajstić information content (AvgIpc) is 3.07. The van der Waals surface area contributed by atoms with Crippen molar-refractivity contribution in [3.8, 4) is 0 Å². The highest BCUT2D eigenvalue weighted by Crippen LogP contribution is 2.15. The van der Waals surface area contributed by atoms with Crippen molar-refractivity contribution in [1.29, 1.82) is 0 Å². The van der Waals surface area contributed by atoms with Gasteiger partial charge in [-0.15, -0.1) is 4.91 Å². The van der Waals surface area contributed by atoms with E-state index in [0.29, 0.717) is 0 Å². The first kappa shape index (κ1) is 24.5. The smallest absolute Gasteiger partial charge is 0.323 e. The monoisotopic (exact) mass is 372 g/mol. The zero-order valence-electron chi connectivity index (χ0n) is 16.6. The Bertz CT molecular complexity index is 358. The Morgan fingerprint density at radius 1 is 1.00 bits per heavy atom. The van der Waals surface area contributed by atoms with Crippen LogP contribution in [0.5, 0.6) is 0 Å². The molecule has 1 unspecified atom stereocenters. The number of carbonyl (C=O) groups excluding carboxylic acids is 2. The van der Waals surface area contributed by atoms with E-state index in [4.69, 9.17) is 9.64 Å². The first-order valence-electron chi connectivity index (χ1n) is 9.85. The Labute approximate surface area is 157 Å². The first-order chi connectivity index (χ1) is 12.5. The summed E-state index contributed by atoms with van der Waals surface area (Å²) in [7, 11) is 0. The Balaban J connectivity index is 0.000000388. The van der Waals surface area contributed by atoms with Crippen molar-refractivity contribution in [2.45, 2.75) is 97.1 Å². The fraction of sp³-hybridized carbons (Fsp3) is 0.895. The van der Waals surface area contributed by atoms with Crippen LogP contribution >= 0.6 is 0 Å². The van der Waals surface area contributed by atoms with Gasteiger partial charge in [-0.25, -0.2) is 0 Å². The van der Waals surface area contributed by atoms with Gasteiger partial charge >= 0.3 is 5.97 Å². The zero-order chi connectivity index (χ0) is 19.6. The fourth-order valence-electron chi connectivity index (χ4n) is 2.66. The van der Waals surface area contributed by atoms with Gasteiger partial charge < -0.3 is 14.9 Å². The van der Waals surface area contributed by atoms with Crippen LogP contribution in [0.15, 0.2) is 5.34 Å². The van der Waals surface area contributed by atoms with Crippen molar-refractivity contribution in [2.24, 2.45) is 5.34 Å². The molecule has 2 fully saturated rings. The van der Waals surface area contributed by atoms with E-state index in [9.17, 15) is 9.59 Å². The molecule has 1 N–H and O–H groups in total. The Morgan fingerprint density at radius 2 is 1.50 bits per heavy atom. The number of nitrogens with one attached hydrogen (secondary N) is 1. The molecule has 26 heavy (non-hydrogen) atoms. The lowest BCUT2D eigenvalue weighted by atomic mass is 10.0. The molecule has 2 rings (SSSR count). The highest BCUT2D eigenvalue weighted by molar-refractivity contribution is 5.82. The number of rotatable bonds is 5. The second-order valence-electron chi connectivity index (χ2n) is 7.02. The van der Waals surface area contributed by atoms with Crippen molar-refractivity contribution in [1.82, 2.24) is 5.32 Å². The van der Waals surface area contributed by atoms with Gasteiger partial charge in [-0.05, 0) is 40.2 Å². The van der Waals surface area contributed by atoms with Crippen molar-refractivity contribution in [3.63, 3.8) is 0 Å². The van der Waals surface area contributed by atoms with Crippen LogP contribution in [0.4, 0.5) is 0 Å². The molecule has 1 saturated heterocycles. The summed E-state index contributed by atoms with van der Waals surface area (Å²) in [4.78, 5) is 34.8. The van der Waals surface area contributed by atoms with E-state index in [-0.39, 0.29) is 30.5 Å². The van der Waals surface area contributed by atoms with Crippen LogP contribution in [0.1, 0.15) is 85.0 Å². The number of ether oxygens (including phenoxy) is 1. The molecule has 7 nitrogen and oxygen atoms in total. The number of ketones is 1. The summed E-state index contributed by atoms with van der Waals surface area (Å²) < 4.78 is 4.74. The fourth-order valence-corrected chi connectivity index (χ4v) is 2.66. The van der Waals surface area contributed by atoms with Crippen molar-refractivity contribution >= 4 is 11.8 Å². The second-order valence-corrected chi connectivity index (χ2v) is 7.02. The molecule has 0 aromatic carbocycles. The summed E-state index contributed by atoms with van der Waals surface area (Å²) >= 11 is 0. The average molecular weight is 373 g/mol. The third-order valence-corrected chi connectivity index (χ3v) is 4.02. The maximum atomic E-state index is 11.1. The van der Waals surface area contributed by atoms with Crippen molar-refractivity contribution in [3.05, 3.63) is 4.91 Å². The van der Waals surface area contributed by atoms with Crippen LogP contribution in [0.3, 0.4) is 0 Å². The molecule has 0 aromatic heterocycles. The topological polar surface area (TPSA) is 94.1 Å². The predicted molar refractivity (Wildman–Crippen MR) is 102 cm³/mol. The Kier molecular flexibility index (Phi) is 16.0. The van der Waals surface area contributed by atoms with E-state index in [0.717, 1.165) is 19.4 Å². The highest BCUT2D eigenvalue weighted by Gasteiger charge is 2.23. The van der Waals surface area contributed by atoms with Gasteiger partial charge in [0.2, 0.25) is 0 Å². The lowest BCUT2D eigenvalue weighted by molar-refractivity contribution is -0.149. The SMILES string of the molecule is C1CCCCCCC1.CC(=O)COC(=O)C1CCCN1.CC(C)ON=O. The third kappa shape index (κ3) is 16.0. The predicted octanol–water partition coefficient (Wildman–Crippen LogP) is 4.08. The Morgan fingerprint density at radius 3 is 1.77 bits per heavy atom. The van der Waals surface area contributed by atoms with Crippen LogP contribution in [0.2, 0.25) is 0 Å². The van der Waals surface area contributed by atoms with Crippen molar-refractivity contribution < 1.29 is 19.2 Å². The van der Waals surface area contributed by atoms with E-state index in [1.165, 1.54) is 58.3 Å². The molecular weight excluding hydrogens is 336 g/mol. The van der Waals surface area contributed by atoms with Gasteiger partial charge in [0.25, 0.3) is 0 Å². The number of Topliss-reactive ketones (excluding diaryl/α,β-unsaturated/α-hetero) is 1. The zero-order valence-corrected chi connectivity index (χ0v) is 16.6. The number of nitrogens with zero attached hydrogens (tertiary/aromatic N) is 1. The lowest BCUT2D eigenvalue weighted by Gasteiger charge is -2.08. The highest BCUT2D eigenvalue weighted by atomic mass is 16.7. The number of hydrogen-bond acceptors (Lipinski definition) is 7. The van der Waals surface area contributed by atoms with Crippen LogP contribution in [-0.4, -0.2) is 37.0 Å². The van der Waals surface area contributed by atoms with Gasteiger partial charge in [-0.2, -0.15) is 0 Å². The number of carbonyl (C=O) groups is 2. The van der Waals surface area contributed by atoms with Crippen LogP contribution in [-0.2, 0) is 19.2 Å². The van der Waals surface area contributed by atoms with Crippen molar-refractivity contribution in [2.75, 3.05) is 13.2 Å². The summed E-state index contributed by atoms with van der Waals surface area (Å²) in [6, 6.07) is -0.190. The van der Waals surface area contributed by atoms with Gasteiger partial charge in [-0.3, -0.25) is 9.59 Å². The van der Waals surface area contributed by atoms with Gasteiger partial charge in [0, 0.05) is 0 Å². The van der Waals surface area contributed by atoms with Crippen LogP contribution < -0.4 is 5.32 Å². The van der Waals surface area contributed by atoms with E-state index < -0.39 is 0 Å². The van der Waals surface area contributed by atoms with Gasteiger partial charge in [0.1, 0.15) is 18.8 Å². The molecule has 7 heteroatoms. The molecule has 1 heterocycles. The molecule has 1 saturated carbocycles. The largest absolute Gasteiger partial charge is 0.457 e. The molecule has 1 aliphatic carbocycles. The minimum atomic E-state index is -0.303. The summed E-state index contributed by atoms with van der Waals surface area (Å²) in [6.07, 6.45) is 13.7. The Hall–Kier alpha value is -1.50. The van der Waals surface area contributed by atoms with Crippen LogP contribution in [0, 0.1) is 4.91 Å². The molecule has 0 aromatic rings. The number of esters is 1. The molecule has 0 radical (unpaired) electrons. The minimum Gasteiger partial charge on any atom is -0.457 e. The normalized spacial score (nSPS) is 19.6. The lowest BCUT2D eigenvalue weighted by Crippen LogP contribution is -2.33. The molecule has 0 spiro atoms. The minimum absolute atomic E-state index is 0.0810. The molecule has 1 atom stereocenters.